The maximum absolute atomic E-state index is 11.8. The molecule has 0 spiro atoms. The van der Waals surface area contributed by atoms with Crippen LogP contribution in [-0.2, 0) is 14.4 Å². The lowest BCUT2D eigenvalue weighted by Crippen LogP contribution is -2.54. The van der Waals surface area contributed by atoms with Crippen molar-refractivity contribution < 1.29 is 14.4 Å². The Morgan fingerprint density at radius 3 is 1.89 bits per heavy atom. The first-order chi connectivity index (χ1) is 8.33. The first-order valence-electron chi connectivity index (χ1n) is 5.33. The van der Waals surface area contributed by atoms with Gasteiger partial charge in [-0.25, -0.2) is 0 Å². The van der Waals surface area contributed by atoms with Crippen LogP contribution >= 0.6 is 25.3 Å². The third-order valence-electron chi connectivity index (χ3n) is 2.11. The van der Waals surface area contributed by atoms with Crippen molar-refractivity contribution >= 4 is 43.0 Å². The lowest BCUT2D eigenvalue weighted by molar-refractivity contribution is -0.134. The van der Waals surface area contributed by atoms with Crippen LogP contribution in [-0.4, -0.2) is 60.3 Å². The summed E-state index contributed by atoms with van der Waals surface area (Å²) in [4.78, 5) is 35.8. The molecule has 0 saturated carbocycles. The van der Waals surface area contributed by atoms with Crippen molar-refractivity contribution in [2.24, 2.45) is 0 Å². The molecule has 0 aromatic heterocycles. The van der Waals surface area contributed by atoms with Gasteiger partial charge < -0.3 is 15.5 Å². The lowest BCUT2D eigenvalue weighted by atomic mass is 10.2. The summed E-state index contributed by atoms with van der Waals surface area (Å²) in [6, 6.07) is -1.48. The third kappa shape index (κ3) is 5.63. The Bertz CT molecular complexity index is 323. The molecule has 0 aliphatic rings. The van der Waals surface area contributed by atoms with Crippen LogP contribution in [0.3, 0.4) is 0 Å². The zero-order valence-corrected chi connectivity index (χ0v) is 12.4. The zero-order valence-electron chi connectivity index (χ0n) is 10.6. The van der Waals surface area contributed by atoms with E-state index in [-0.39, 0.29) is 23.3 Å². The van der Waals surface area contributed by atoms with Crippen molar-refractivity contribution in [3.63, 3.8) is 0 Å². The lowest BCUT2D eigenvalue weighted by Gasteiger charge is -2.22. The molecule has 2 N–H and O–H groups in total. The van der Waals surface area contributed by atoms with E-state index >= 15 is 0 Å². The zero-order chi connectivity index (χ0) is 14.3. The quantitative estimate of drug-likeness (QED) is 0.471. The van der Waals surface area contributed by atoms with E-state index in [1.807, 2.05) is 0 Å². The number of hydrogen-bond acceptors (Lipinski definition) is 5. The molecule has 104 valence electrons. The van der Waals surface area contributed by atoms with Crippen LogP contribution in [0.2, 0.25) is 0 Å². The highest BCUT2D eigenvalue weighted by molar-refractivity contribution is 7.80. The largest absolute Gasteiger partial charge is 0.347 e. The topological polar surface area (TPSA) is 78.5 Å². The summed E-state index contributed by atoms with van der Waals surface area (Å²) in [5.41, 5.74) is 0. The van der Waals surface area contributed by atoms with Crippen molar-refractivity contribution in [2.45, 2.75) is 19.0 Å². The van der Waals surface area contributed by atoms with Crippen LogP contribution in [0.5, 0.6) is 0 Å². The highest BCUT2D eigenvalue weighted by Gasteiger charge is 2.25. The molecule has 2 atom stereocenters. The van der Waals surface area contributed by atoms with Crippen molar-refractivity contribution in [3.8, 4) is 0 Å². The van der Waals surface area contributed by atoms with Crippen molar-refractivity contribution in [1.29, 1.82) is 0 Å². The molecule has 0 saturated heterocycles. The summed E-state index contributed by atoms with van der Waals surface area (Å²) in [6.45, 7) is 1.31. The highest BCUT2D eigenvalue weighted by atomic mass is 32.1. The summed E-state index contributed by atoms with van der Waals surface area (Å²) in [5.74, 6) is -0.692. The molecule has 0 aliphatic carbocycles. The summed E-state index contributed by atoms with van der Waals surface area (Å²) in [6.07, 6.45) is 0. The molecule has 0 fully saturated rings. The third-order valence-corrected chi connectivity index (χ3v) is 2.84. The minimum Gasteiger partial charge on any atom is -0.347 e. The Morgan fingerprint density at radius 2 is 1.56 bits per heavy atom. The Kier molecular flexibility index (Phi) is 7.85. The molecule has 3 amide bonds. The maximum Gasteiger partial charge on any atom is 0.245 e. The minimum absolute atomic E-state index is 0.154. The Hall–Kier alpha value is -0.890. The van der Waals surface area contributed by atoms with Gasteiger partial charge in [0, 0.05) is 32.5 Å². The van der Waals surface area contributed by atoms with Gasteiger partial charge >= 0.3 is 0 Å². The highest BCUT2D eigenvalue weighted by Crippen LogP contribution is 1.96. The van der Waals surface area contributed by atoms with E-state index in [4.69, 9.17) is 0 Å². The monoisotopic (exact) mass is 293 g/mol. The fourth-order valence-electron chi connectivity index (χ4n) is 1.21. The van der Waals surface area contributed by atoms with Gasteiger partial charge in [-0.05, 0) is 0 Å². The van der Waals surface area contributed by atoms with Gasteiger partial charge in [0.2, 0.25) is 17.7 Å². The predicted octanol–water partition coefficient (Wildman–Crippen LogP) is -1.08. The Labute approximate surface area is 118 Å². The van der Waals surface area contributed by atoms with Gasteiger partial charge in [-0.15, -0.1) is 0 Å². The molecule has 0 aromatic rings. The first-order valence-corrected chi connectivity index (χ1v) is 6.60. The first kappa shape index (κ1) is 17.1. The predicted molar refractivity (Wildman–Crippen MR) is 75.9 cm³/mol. The van der Waals surface area contributed by atoms with Gasteiger partial charge in [0.1, 0.15) is 12.1 Å². The van der Waals surface area contributed by atoms with Crippen LogP contribution in [0.1, 0.15) is 6.92 Å². The van der Waals surface area contributed by atoms with Crippen LogP contribution in [0.4, 0.5) is 0 Å². The number of hydrogen-bond donors (Lipinski definition) is 4. The van der Waals surface area contributed by atoms with E-state index in [0.29, 0.717) is 0 Å². The molecule has 0 radical (unpaired) electrons. The van der Waals surface area contributed by atoms with Gasteiger partial charge in [-0.3, -0.25) is 14.4 Å². The number of amides is 3. The summed E-state index contributed by atoms with van der Waals surface area (Å²) in [7, 11) is 3.18. The molecular weight excluding hydrogens is 274 g/mol. The van der Waals surface area contributed by atoms with E-state index in [9.17, 15) is 14.4 Å². The van der Waals surface area contributed by atoms with E-state index in [0.717, 1.165) is 0 Å². The van der Waals surface area contributed by atoms with Crippen LogP contribution in [0, 0.1) is 0 Å². The molecular formula is C10H19N3O3S2. The van der Waals surface area contributed by atoms with E-state index in [2.05, 4.69) is 35.9 Å². The second kappa shape index (κ2) is 8.25. The Balaban J connectivity index is 4.59. The van der Waals surface area contributed by atoms with Gasteiger partial charge in [0.25, 0.3) is 0 Å². The van der Waals surface area contributed by atoms with Crippen LogP contribution < -0.4 is 10.6 Å². The second-order valence-corrected chi connectivity index (χ2v) is 4.64. The summed E-state index contributed by atoms with van der Waals surface area (Å²) in [5, 5.41) is 4.98. The average molecular weight is 293 g/mol. The minimum atomic E-state index is -0.761. The molecule has 0 aliphatic heterocycles. The van der Waals surface area contributed by atoms with Gasteiger partial charge in [0.15, 0.2) is 0 Å². The van der Waals surface area contributed by atoms with E-state index < -0.39 is 18.0 Å². The summed E-state index contributed by atoms with van der Waals surface area (Å²) >= 11 is 8.01. The van der Waals surface area contributed by atoms with Crippen LogP contribution in [0.25, 0.3) is 0 Å². The van der Waals surface area contributed by atoms with Crippen molar-refractivity contribution in [1.82, 2.24) is 15.5 Å². The van der Waals surface area contributed by atoms with E-state index in [1.54, 1.807) is 14.1 Å². The number of thiol groups is 2. The average Bonchev–Trinajstić information content (AvgIpc) is 2.31. The van der Waals surface area contributed by atoms with Crippen molar-refractivity contribution in [2.75, 3.05) is 25.6 Å². The Morgan fingerprint density at radius 1 is 1.06 bits per heavy atom. The molecule has 2 unspecified atom stereocenters. The fourth-order valence-corrected chi connectivity index (χ4v) is 1.71. The number of nitrogens with zero attached hydrogens (tertiary/aromatic N) is 1. The van der Waals surface area contributed by atoms with Crippen LogP contribution in [0.15, 0.2) is 0 Å². The number of nitrogens with one attached hydrogen (secondary N) is 2. The number of rotatable bonds is 6. The molecule has 0 heterocycles. The second-order valence-electron chi connectivity index (χ2n) is 3.91. The van der Waals surface area contributed by atoms with Gasteiger partial charge in [-0.1, -0.05) is 0 Å². The molecule has 8 heteroatoms. The number of carbonyl (C=O) groups is 3. The summed E-state index contributed by atoms with van der Waals surface area (Å²) < 4.78 is 0. The van der Waals surface area contributed by atoms with Crippen molar-refractivity contribution in [3.05, 3.63) is 0 Å². The molecule has 6 nitrogen and oxygen atoms in total. The standard InChI is InChI=1S/C10H19N3O3S2/c1-6(14)11-7(4-17)9(15)12-8(5-18)10(16)13(2)3/h7-8,17-18H,4-5H2,1-3H3,(H,11,14)(H,12,15). The number of likely N-dealkylation sites (N-methyl/N-ethyl adjacent to an activating group) is 1. The number of carbonyl (C=O) groups excluding carboxylic acids is 3. The fraction of sp³-hybridized carbons (Fsp3) is 0.700. The molecule has 0 aromatic carbocycles. The van der Waals surface area contributed by atoms with E-state index in [1.165, 1.54) is 11.8 Å². The molecule has 18 heavy (non-hydrogen) atoms. The molecule has 0 rings (SSSR count). The SMILES string of the molecule is CC(=O)NC(CS)C(=O)NC(CS)C(=O)N(C)C. The normalized spacial score (nSPS) is 13.4. The molecule has 0 bridgehead atoms. The maximum atomic E-state index is 11.8. The van der Waals surface area contributed by atoms with Gasteiger partial charge in [-0.2, -0.15) is 25.3 Å². The van der Waals surface area contributed by atoms with Gasteiger partial charge in [0.05, 0.1) is 0 Å². The smallest absolute Gasteiger partial charge is 0.245 e.